The van der Waals surface area contributed by atoms with Gasteiger partial charge in [0.2, 0.25) is 0 Å². The highest BCUT2D eigenvalue weighted by molar-refractivity contribution is 9.10. The van der Waals surface area contributed by atoms with Crippen LogP contribution < -0.4 is 25.1 Å². The first-order valence-electron chi connectivity index (χ1n) is 10.1. The molecule has 31 heavy (non-hydrogen) atoms. The lowest BCUT2D eigenvalue weighted by atomic mass is 10.2. The van der Waals surface area contributed by atoms with Gasteiger partial charge in [0.1, 0.15) is 16.8 Å². The Morgan fingerprint density at radius 3 is 2.61 bits per heavy atom. The van der Waals surface area contributed by atoms with E-state index in [0.717, 1.165) is 24.0 Å². The zero-order chi connectivity index (χ0) is 22.1. The molecule has 2 N–H and O–H groups in total. The van der Waals surface area contributed by atoms with E-state index in [1.54, 1.807) is 7.11 Å². The second-order valence-corrected chi connectivity index (χ2v) is 7.65. The van der Waals surface area contributed by atoms with Crippen molar-refractivity contribution < 1.29 is 14.2 Å². The third-order valence-corrected chi connectivity index (χ3v) is 5.32. The van der Waals surface area contributed by atoms with Crippen molar-refractivity contribution in [2.24, 2.45) is 0 Å². The number of nitrogens with zero attached hydrogens (tertiary/aromatic N) is 1. The van der Waals surface area contributed by atoms with E-state index in [1.807, 2.05) is 48.5 Å². The van der Waals surface area contributed by atoms with Crippen LogP contribution in [0.1, 0.15) is 30.9 Å². The molecule has 0 spiro atoms. The molecule has 0 fully saturated rings. The van der Waals surface area contributed by atoms with E-state index in [2.05, 4.69) is 38.4 Å². The summed E-state index contributed by atoms with van der Waals surface area (Å²) in [5.74, 6) is 1.69. The van der Waals surface area contributed by atoms with Crippen LogP contribution in [0.2, 0.25) is 0 Å². The van der Waals surface area contributed by atoms with E-state index < -0.39 is 0 Å². The fraction of sp³-hybridized carbons (Fsp3) is 0.304. The average molecular weight is 488 g/mol. The van der Waals surface area contributed by atoms with Crippen LogP contribution in [0, 0.1) is 0 Å². The number of benzene rings is 2. The van der Waals surface area contributed by atoms with Crippen molar-refractivity contribution in [1.29, 1.82) is 0 Å². The summed E-state index contributed by atoms with van der Waals surface area (Å²) in [6.07, 6.45) is 2.03. The number of nitrogens with one attached hydrogen (secondary N) is 2. The van der Waals surface area contributed by atoms with E-state index in [0.29, 0.717) is 47.3 Å². The highest BCUT2D eigenvalue weighted by atomic mass is 79.9. The Bertz CT molecular complexity index is 1040. The third kappa shape index (κ3) is 6.24. The molecule has 164 valence electrons. The lowest BCUT2D eigenvalue weighted by molar-refractivity contribution is 0.288. The molecule has 7 nitrogen and oxygen atoms in total. The van der Waals surface area contributed by atoms with Crippen molar-refractivity contribution in [2.45, 2.75) is 32.9 Å². The number of H-pyrrole nitrogens is 1. The predicted octanol–water partition coefficient (Wildman–Crippen LogP) is 4.91. The maximum Gasteiger partial charge on any atom is 0.280 e. The van der Waals surface area contributed by atoms with Crippen LogP contribution in [0.3, 0.4) is 0 Å². The lowest BCUT2D eigenvalue weighted by Crippen LogP contribution is -2.15. The molecule has 0 aliphatic rings. The van der Waals surface area contributed by atoms with Gasteiger partial charge in [0, 0.05) is 6.54 Å². The first-order chi connectivity index (χ1) is 15.1. The van der Waals surface area contributed by atoms with E-state index in [-0.39, 0.29) is 5.56 Å². The highest BCUT2D eigenvalue weighted by Crippen LogP contribution is 2.31. The summed E-state index contributed by atoms with van der Waals surface area (Å²) in [4.78, 5) is 12.1. The number of aromatic nitrogens is 2. The predicted molar refractivity (Wildman–Crippen MR) is 124 cm³/mol. The summed E-state index contributed by atoms with van der Waals surface area (Å²) in [5, 5.41) is 9.76. The smallest absolute Gasteiger partial charge is 0.280 e. The number of aromatic amines is 1. The molecule has 0 atom stereocenters. The molecule has 1 aromatic heterocycles. The average Bonchev–Trinajstić information content (AvgIpc) is 2.80. The maximum absolute atomic E-state index is 12.1. The Morgan fingerprint density at radius 2 is 1.87 bits per heavy atom. The van der Waals surface area contributed by atoms with E-state index in [1.165, 1.54) is 0 Å². The summed E-state index contributed by atoms with van der Waals surface area (Å²) in [6.45, 7) is 3.52. The molecule has 2 aromatic carbocycles. The topological polar surface area (TPSA) is 85.5 Å². The standard InChI is InChI=1S/C23H26BrN3O4/c1-3-4-12-30-19-13-17(10-11-18(19)29-2)14-25-21-20(24)22(28)26-27-23(21)31-15-16-8-6-5-7-9-16/h5-11,13H,3-4,12,14-15H2,1-2H3,(H2,25,26,28). The molecule has 0 amide bonds. The summed E-state index contributed by atoms with van der Waals surface area (Å²) in [7, 11) is 1.62. The van der Waals surface area contributed by atoms with Crippen LogP contribution in [-0.4, -0.2) is 23.9 Å². The van der Waals surface area contributed by atoms with Gasteiger partial charge in [-0.3, -0.25) is 4.79 Å². The van der Waals surface area contributed by atoms with Gasteiger partial charge < -0.3 is 19.5 Å². The highest BCUT2D eigenvalue weighted by Gasteiger charge is 2.14. The Hall–Kier alpha value is -3.00. The van der Waals surface area contributed by atoms with Gasteiger partial charge in [-0.15, -0.1) is 5.10 Å². The molecule has 3 rings (SSSR count). The summed E-state index contributed by atoms with van der Waals surface area (Å²) in [6, 6.07) is 15.5. The SMILES string of the molecule is CCCCOc1cc(CNc2c(OCc3ccccc3)n[nH]c(=O)c2Br)ccc1OC. The summed E-state index contributed by atoms with van der Waals surface area (Å²) < 4.78 is 17.4. The number of methoxy groups -OCH3 is 1. The van der Waals surface area contributed by atoms with Crippen molar-refractivity contribution in [3.05, 3.63) is 74.5 Å². The van der Waals surface area contributed by atoms with Crippen molar-refractivity contribution in [3.8, 4) is 17.4 Å². The van der Waals surface area contributed by atoms with Crippen LogP contribution in [-0.2, 0) is 13.2 Å². The number of anilines is 1. The Labute approximate surface area is 189 Å². The largest absolute Gasteiger partial charge is 0.493 e. The van der Waals surface area contributed by atoms with Gasteiger partial charge in [-0.2, -0.15) is 0 Å². The third-order valence-electron chi connectivity index (χ3n) is 4.56. The molecule has 3 aromatic rings. The van der Waals surface area contributed by atoms with Crippen LogP contribution in [0.5, 0.6) is 17.4 Å². The van der Waals surface area contributed by atoms with Gasteiger partial charge in [0.05, 0.1) is 13.7 Å². The molecule has 0 unspecified atom stereocenters. The van der Waals surface area contributed by atoms with Crippen LogP contribution in [0.4, 0.5) is 5.69 Å². The lowest BCUT2D eigenvalue weighted by Gasteiger charge is -2.15. The maximum atomic E-state index is 12.1. The monoisotopic (exact) mass is 487 g/mol. The van der Waals surface area contributed by atoms with Gasteiger partial charge in [0.15, 0.2) is 11.5 Å². The Kier molecular flexibility index (Phi) is 8.35. The number of hydrogen-bond acceptors (Lipinski definition) is 6. The van der Waals surface area contributed by atoms with Crippen molar-refractivity contribution >= 4 is 21.6 Å². The normalized spacial score (nSPS) is 10.5. The van der Waals surface area contributed by atoms with Crippen molar-refractivity contribution in [2.75, 3.05) is 19.0 Å². The van der Waals surface area contributed by atoms with Gasteiger partial charge in [-0.1, -0.05) is 49.7 Å². The van der Waals surface area contributed by atoms with E-state index >= 15 is 0 Å². The zero-order valence-electron chi connectivity index (χ0n) is 17.6. The number of halogens is 1. The minimum atomic E-state index is -0.340. The fourth-order valence-corrected chi connectivity index (χ4v) is 3.26. The van der Waals surface area contributed by atoms with Crippen molar-refractivity contribution in [1.82, 2.24) is 10.2 Å². The zero-order valence-corrected chi connectivity index (χ0v) is 19.2. The Balaban J connectivity index is 1.75. The summed E-state index contributed by atoms with van der Waals surface area (Å²) >= 11 is 3.34. The molecular weight excluding hydrogens is 462 g/mol. The number of rotatable bonds is 11. The van der Waals surface area contributed by atoms with Crippen LogP contribution in [0.25, 0.3) is 0 Å². The van der Waals surface area contributed by atoms with Gasteiger partial charge in [-0.05, 0) is 45.6 Å². The van der Waals surface area contributed by atoms with Gasteiger partial charge >= 0.3 is 0 Å². The molecule has 1 heterocycles. The molecule has 0 bridgehead atoms. The second-order valence-electron chi connectivity index (χ2n) is 6.86. The van der Waals surface area contributed by atoms with Gasteiger partial charge in [-0.25, -0.2) is 5.10 Å². The number of ether oxygens (including phenoxy) is 3. The molecule has 0 saturated heterocycles. The number of unbranched alkanes of at least 4 members (excludes halogenated alkanes) is 1. The molecular formula is C23H26BrN3O4. The molecule has 0 aliphatic heterocycles. The quantitative estimate of drug-likeness (QED) is 0.373. The Morgan fingerprint density at radius 1 is 1.06 bits per heavy atom. The first-order valence-corrected chi connectivity index (χ1v) is 10.9. The first kappa shape index (κ1) is 22.7. The molecule has 0 aliphatic carbocycles. The minimum absolute atomic E-state index is 0.309. The summed E-state index contributed by atoms with van der Waals surface area (Å²) in [5.41, 5.74) is 2.12. The van der Waals surface area contributed by atoms with Crippen LogP contribution >= 0.6 is 15.9 Å². The number of hydrogen-bond donors (Lipinski definition) is 2. The molecule has 0 saturated carbocycles. The second kappa shape index (κ2) is 11.4. The van der Waals surface area contributed by atoms with E-state index in [4.69, 9.17) is 14.2 Å². The van der Waals surface area contributed by atoms with E-state index in [9.17, 15) is 4.79 Å². The fourth-order valence-electron chi connectivity index (χ4n) is 2.86. The minimum Gasteiger partial charge on any atom is -0.493 e. The molecule has 8 heteroatoms. The van der Waals surface area contributed by atoms with Crippen LogP contribution in [0.15, 0.2) is 57.8 Å². The molecule has 0 radical (unpaired) electrons. The van der Waals surface area contributed by atoms with Crippen molar-refractivity contribution in [3.63, 3.8) is 0 Å². The van der Waals surface area contributed by atoms with Gasteiger partial charge in [0.25, 0.3) is 11.4 Å².